The Hall–Kier alpha value is -5.91. The highest BCUT2D eigenvalue weighted by Crippen LogP contribution is 2.29. The zero-order valence-corrected chi connectivity index (χ0v) is 22.1. The molecule has 9 nitrogen and oxygen atoms in total. The second kappa shape index (κ2) is 12.7. The largest absolute Gasteiger partial charge is 0.573 e. The number of amides is 2. The number of benzene rings is 3. The summed E-state index contributed by atoms with van der Waals surface area (Å²) in [4.78, 5) is 35.8. The SMILES string of the molecule is O=C(NN(C(=O)c1cccnc1Oc1ccccc1)c1ccc(OC(F)(F)F)cc1)c1cccnc1Oc1ccccc1. The number of pyridine rings is 2. The fourth-order valence-corrected chi connectivity index (χ4v) is 3.79. The minimum Gasteiger partial charge on any atom is -0.438 e. The lowest BCUT2D eigenvalue weighted by atomic mass is 10.2. The van der Waals surface area contributed by atoms with Crippen LogP contribution in [0.4, 0.5) is 18.9 Å². The van der Waals surface area contributed by atoms with Crippen molar-refractivity contribution in [2.24, 2.45) is 0 Å². The van der Waals surface area contributed by atoms with E-state index in [2.05, 4.69) is 20.1 Å². The fourth-order valence-electron chi connectivity index (χ4n) is 3.79. The summed E-state index contributed by atoms with van der Waals surface area (Å²) in [5.74, 6) is -1.40. The normalized spacial score (nSPS) is 10.9. The van der Waals surface area contributed by atoms with Crippen molar-refractivity contribution in [1.82, 2.24) is 15.4 Å². The van der Waals surface area contributed by atoms with Gasteiger partial charge in [-0.2, -0.15) is 0 Å². The molecule has 0 fully saturated rings. The van der Waals surface area contributed by atoms with E-state index < -0.39 is 23.9 Å². The summed E-state index contributed by atoms with van der Waals surface area (Å²) in [6.07, 6.45) is -2.07. The van der Waals surface area contributed by atoms with Crippen molar-refractivity contribution in [2.75, 3.05) is 5.01 Å². The van der Waals surface area contributed by atoms with E-state index in [0.717, 1.165) is 17.1 Å². The number of rotatable bonds is 8. The number of nitrogens with zero attached hydrogens (tertiary/aromatic N) is 3. The average Bonchev–Trinajstić information content (AvgIpc) is 3.01. The van der Waals surface area contributed by atoms with Gasteiger partial charge in [-0.15, -0.1) is 13.2 Å². The van der Waals surface area contributed by atoms with Crippen molar-refractivity contribution in [3.63, 3.8) is 0 Å². The number of para-hydroxylation sites is 2. The molecule has 2 amide bonds. The van der Waals surface area contributed by atoms with Crippen LogP contribution in [0, 0.1) is 0 Å². The summed E-state index contributed by atoms with van der Waals surface area (Å²) in [6, 6.07) is 27.5. The van der Waals surface area contributed by atoms with Gasteiger partial charge >= 0.3 is 6.36 Å². The molecule has 0 saturated carbocycles. The highest BCUT2D eigenvalue weighted by atomic mass is 19.4. The maximum atomic E-state index is 13.9. The van der Waals surface area contributed by atoms with Gasteiger partial charge in [-0.3, -0.25) is 15.0 Å². The molecular weight excluding hydrogens is 565 g/mol. The van der Waals surface area contributed by atoms with E-state index in [4.69, 9.17) is 9.47 Å². The van der Waals surface area contributed by atoms with E-state index >= 15 is 0 Å². The molecule has 3 aromatic carbocycles. The summed E-state index contributed by atoms with van der Waals surface area (Å²) in [6.45, 7) is 0. The fraction of sp³-hybridized carbons (Fsp3) is 0.0323. The van der Waals surface area contributed by atoms with Crippen molar-refractivity contribution in [1.29, 1.82) is 0 Å². The summed E-state index contributed by atoms with van der Waals surface area (Å²) < 4.78 is 53.8. The van der Waals surface area contributed by atoms with Crippen LogP contribution in [0.5, 0.6) is 29.0 Å². The van der Waals surface area contributed by atoms with Crippen LogP contribution in [0.2, 0.25) is 0 Å². The van der Waals surface area contributed by atoms with E-state index in [-0.39, 0.29) is 28.6 Å². The molecule has 5 rings (SSSR count). The van der Waals surface area contributed by atoms with Crippen LogP contribution in [-0.4, -0.2) is 28.1 Å². The lowest BCUT2D eigenvalue weighted by Crippen LogP contribution is -2.46. The Morgan fingerprint density at radius 2 is 1.14 bits per heavy atom. The summed E-state index contributed by atoms with van der Waals surface area (Å²) in [5, 5.41) is 0.855. The molecule has 0 unspecified atom stereocenters. The van der Waals surface area contributed by atoms with E-state index in [1.54, 1.807) is 60.7 Å². The van der Waals surface area contributed by atoms with E-state index in [1.807, 2.05) is 0 Å². The molecule has 2 heterocycles. The highest BCUT2D eigenvalue weighted by Gasteiger charge is 2.31. The quantitative estimate of drug-likeness (QED) is 0.196. The number of nitrogens with one attached hydrogen (secondary N) is 1. The van der Waals surface area contributed by atoms with Gasteiger partial charge in [-0.1, -0.05) is 36.4 Å². The molecule has 0 radical (unpaired) electrons. The highest BCUT2D eigenvalue weighted by molar-refractivity contribution is 6.10. The van der Waals surface area contributed by atoms with Crippen molar-refractivity contribution in [2.45, 2.75) is 6.36 Å². The second-order valence-electron chi connectivity index (χ2n) is 8.67. The van der Waals surface area contributed by atoms with E-state index in [1.165, 1.54) is 48.8 Å². The Morgan fingerprint density at radius 3 is 1.67 bits per heavy atom. The average molecular weight is 587 g/mol. The number of hydrogen-bond donors (Lipinski definition) is 1. The van der Waals surface area contributed by atoms with Crippen LogP contribution in [0.25, 0.3) is 0 Å². The molecule has 1 N–H and O–H groups in total. The van der Waals surface area contributed by atoms with Gasteiger partial charge in [-0.25, -0.2) is 15.0 Å². The molecule has 0 spiro atoms. The van der Waals surface area contributed by atoms with E-state index in [0.29, 0.717) is 11.5 Å². The molecular formula is C31H21F3N4O5. The standard InChI is InChI=1S/C31H21F3N4O5/c32-31(33,34)43-24-17-15-21(16-18-24)38(30(40)26-14-8-20-36-29(26)42-23-11-5-2-6-12-23)37-27(39)25-13-7-19-35-28(25)41-22-9-3-1-4-10-22/h1-20H,(H,37,39). The van der Waals surface area contributed by atoms with Crippen molar-refractivity contribution >= 4 is 17.5 Å². The topological polar surface area (TPSA) is 103 Å². The van der Waals surface area contributed by atoms with Crippen molar-refractivity contribution < 1.29 is 37.0 Å². The first kappa shape index (κ1) is 28.6. The van der Waals surface area contributed by atoms with Crippen LogP contribution in [0.1, 0.15) is 20.7 Å². The number of aromatic nitrogens is 2. The minimum atomic E-state index is -4.92. The molecule has 5 aromatic rings. The van der Waals surface area contributed by atoms with Gasteiger partial charge in [0.2, 0.25) is 11.8 Å². The molecule has 0 bridgehead atoms. The van der Waals surface area contributed by atoms with Gasteiger partial charge in [-0.05, 0) is 72.8 Å². The number of hydrogen-bond acceptors (Lipinski definition) is 7. The Balaban J connectivity index is 1.49. The molecule has 0 atom stereocenters. The van der Waals surface area contributed by atoms with Crippen molar-refractivity contribution in [3.05, 3.63) is 133 Å². The number of halogens is 3. The number of hydrazine groups is 1. The molecule has 216 valence electrons. The molecule has 0 aliphatic heterocycles. The molecule has 43 heavy (non-hydrogen) atoms. The maximum absolute atomic E-state index is 13.9. The summed E-state index contributed by atoms with van der Waals surface area (Å²) in [5.41, 5.74) is 2.45. The smallest absolute Gasteiger partial charge is 0.438 e. The van der Waals surface area contributed by atoms with Crippen molar-refractivity contribution in [3.8, 4) is 29.0 Å². The van der Waals surface area contributed by atoms with Gasteiger partial charge < -0.3 is 14.2 Å². The van der Waals surface area contributed by atoms with Gasteiger partial charge in [0.25, 0.3) is 11.8 Å². The van der Waals surface area contributed by atoms with Gasteiger partial charge in [0.1, 0.15) is 28.4 Å². The maximum Gasteiger partial charge on any atom is 0.573 e. The Bertz CT molecular complexity index is 1700. The van der Waals surface area contributed by atoms with E-state index in [9.17, 15) is 22.8 Å². The third-order valence-electron chi connectivity index (χ3n) is 5.68. The number of alkyl halides is 3. The van der Waals surface area contributed by atoms with Crippen LogP contribution < -0.4 is 24.6 Å². The minimum absolute atomic E-state index is 0.0109. The number of ether oxygens (including phenoxy) is 3. The molecule has 0 aliphatic rings. The lowest BCUT2D eigenvalue weighted by Gasteiger charge is -2.24. The Kier molecular flexibility index (Phi) is 8.47. The van der Waals surface area contributed by atoms with Crippen LogP contribution >= 0.6 is 0 Å². The first-order chi connectivity index (χ1) is 20.8. The third kappa shape index (κ3) is 7.44. The van der Waals surface area contributed by atoms with Crippen LogP contribution in [-0.2, 0) is 0 Å². The Morgan fingerprint density at radius 1 is 0.628 bits per heavy atom. The lowest BCUT2D eigenvalue weighted by molar-refractivity contribution is -0.274. The van der Waals surface area contributed by atoms with Gasteiger partial charge in [0.15, 0.2) is 0 Å². The monoisotopic (exact) mass is 586 g/mol. The zero-order valence-electron chi connectivity index (χ0n) is 22.1. The molecule has 0 saturated heterocycles. The molecule has 0 aliphatic carbocycles. The molecule has 12 heteroatoms. The first-order valence-electron chi connectivity index (χ1n) is 12.6. The number of carbonyl (C=O) groups is 2. The van der Waals surface area contributed by atoms with Crippen LogP contribution in [0.15, 0.2) is 122 Å². The van der Waals surface area contributed by atoms with Gasteiger partial charge in [0.05, 0.1) is 5.69 Å². The summed E-state index contributed by atoms with van der Waals surface area (Å²) in [7, 11) is 0. The van der Waals surface area contributed by atoms with Gasteiger partial charge in [0, 0.05) is 12.4 Å². The third-order valence-corrected chi connectivity index (χ3v) is 5.68. The predicted octanol–water partition coefficient (Wildman–Crippen LogP) is 6.95. The van der Waals surface area contributed by atoms with Crippen LogP contribution in [0.3, 0.4) is 0 Å². The molecule has 2 aromatic heterocycles. The number of carbonyl (C=O) groups excluding carboxylic acids is 2. The zero-order chi connectivity index (χ0) is 30.2. The second-order valence-corrected chi connectivity index (χ2v) is 8.67. The Labute approximate surface area is 243 Å². The first-order valence-corrected chi connectivity index (χ1v) is 12.6. The predicted molar refractivity (Wildman–Crippen MR) is 149 cm³/mol. The number of anilines is 1. The summed E-state index contributed by atoms with van der Waals surface area (Å²) >= 11 is 0.